The van der Waals surface area contributed by atoms with Crippen LogP contribution >= 0.6 is 0 Å². The Balaban J connectivity index is 1.68. The Hall–Kier alpha value is -1.30. The summed E-state index contributed by atoms with van der Waals surface area (Å²) in [4.78, 5) is 2.26. The number of nitrogens with zero attached hydrogens (tertiary/aromatic N) is 1. The molecule has 2 unspecified atom stereocenters. The van der Waals surface area contributed by atoms with Gasteiger partial charge in [-0.2, -0.15) is 0 Å². The molecule has 1 aliphatic heterocycles. The van der Waals surface area contributed by atoms with Crippen LogP contribution in [0.3, 0.4) is 0 Å². The van der Waals surface area contributed by atoms with Gasteiger partial charge in [0, 0.05) is 25.9 Å². The first-order valence-electron chi connectivity index (χ1n) is 7.05. The topological polar surface area (TPSA) is 68.0 Å². The van der Waals surface area contributed by atoms with Crippen molar-refractivity contribution in [3.05, 3.63) is 24.3 Å². The maximum absolute atomic E-state index is 10.0. The molecule has 2 rings (SSSR count). The van der Waals surface area contributed by atoms with E-state index in [1.807, 2.05) is 12.1 Å². The number of β-amino-alcohol motifs (C(OH)–C–C–N with tert-alkyl or cyclic N) is 1. The van der Waals surface area contributed by atoms with E-state index in [0.717, 1.165) is 31.9 Å². The van der Waals surface area contributed by atoms with Gasteiger partial charge in [-0.05, 0) is 43.1 Å². The molecule has 0 aliphatic carbocycles. The van der Waals surface area contributed by atoms with Crippen molar-refractivity contribution in [3.63, 3.8) is 0 Å². The normalized spacial score (nSPS) is 21.0. The average molecular weight is 280 g/mol. The van der Waals surface area contributed by atoms with E-state index in [4.69, 9.17) is 15.2 Å². The number of likely N-dealkylation sites (tertiary alicyclic amines) is 1. The maximum atomic E-state index is 10.0. The van der Waals surface area contributed by atoms with Crippen molar-refractivity contribution in [2.45, 2.75) is 12.5 Å². The van der Waals surface area contributed by atoms with Crippen molar-refractivity contribution < 1.29 is 14.6 Å². The van der Waals surface area contributed by atoms with Crippen molar-refractivity contribution in [3.8, 4) is 5.75 Å². The molecule has 2 atom stereocenters. The van der Waals surface area contributed by atoms with E-state index in [1.54, 1.807) is 19.2 Å². The summed E-state index contributed by atoms with van der Waals surface area (Å²) in [5, 5.41) is 10.0. The molecule has 0 saturated carbocycles. The summed E-state index contributed by atoms with van der Waals surface area (Å²) in [6.07, 6.45) is 0.660. The van der Waals surface area contributed by atoms with Crippen LogP contribution in [0.15, 0.2) is 24.3 Å². The molecule has 1 aliphatic rings. The molecule has 0 radical (unpaired) electrons. The second-order valence-corrected chi connectivity index (χ2v) is 5.40. The number of hydrogen-bond acceptors (Lipinski definition) is 5. The summed E-state index contributed by atoms with van der Waals surface area (Å²) in [5.74, 6) is 1.32. The van der Waals surface area contributed by atoms with Crippen LogP contribution in [0.25, 0.3) is 0 Å². The zero-order valence-electron chi connectivity index (χ0n) is 12.0. The predicted molar refractivity (Wildman–Crippen MR) is 78.8 cm³/mol. The standard InChI is InChI=1S/C15H24N2O3/c1-19-10-12-6-7-17(8-12)9-14(18)11-20-15-4-2-13(16)3-5-15/h2-5,12,14,18H,6-11,16H2,1H3. The van der Waals surface area contributed by atoms with Crippen molar-refractivity contribution in [1.82, 2.24) is 4.90 Å². The number of ether oxygens (including phenoxy) is 2. The van der Waals surface area contributed by atoms with E-state index in [9.17, 15) is 5.11 Å². The highest BCUT2D eigenvalue weighted by atomic mass is 16.5. The number of aliphatic hydroxyl groups excluding tert-OH is 1. The molecular formula is C15H24N2O3. The van der Waals surface area contributed by atoms with Gasteiger partial charge in [0.25, 0.3) is 0 Å². The molecule has 0 amide bonds. The maximum Gasteiger partial charge on any atom is 0.119 e. The first kappa shape index (κ1) is 15.1. The van der Waals surface area contributed by atoms with Crippen molar-refractivity contribution in [2.24, 2.45) is 5.92 Å². The van der Waals surface area contributed by atoms with Gasteiger partial charge in [0.2, 0.25) is 0 Å². The zero-order chi connectivity index (χ0) is 14.4. The van der Waals surface area contributed by atoms with Crippen LogP contribution in [-0.4, -0.2) is 56.1 Å². The molecule has 1 saturated heterocycles. The van der Waals surface area contributed by atoms with Crippen LogP contribution in [0.2, 0.25) is 0 Å². The Labute approximate surface area is 120 Å². The van der Waals surface area contributed by atoms with Crippen LogP contribution < -0.4 is 10.5 Å². The SMILES string of the molecule is COCC1CCN(CC(O)COc2ccc(N)cc2)C1. The number of methoxy groups -OCH3 is 1. The first-order chi connectivity index (χ1) is 9.67. The van der Waals surface area contributed by atoms with Gasteiger partial charge in [-0.3, -0.25) is 0 Å². The van der Waals surface area contributed by atoms with Crippen LogP contribution in [0, 0.1) is 5.92 Å². The van der Waals surface area contributed by atoms with Crippen molar-refractivity contribution in [1.29, 1.82) is 0 Å². The van der Waals surface area contributed by atoms with Gasteiger partial charge in [-0.1, -0.05) is 0 Å². The lowest BCUT2D eigenvalue weighted by Gasteiger charge is -2.20. The Morgan fingerprint density at radius 2 is 2.15 bits per heavy atom. The van der Waals surface area contributed by atoms with Crippen molar-refractivity contribution >= 4 is 5.69 Å². The number of nitrogens with two attached hydrogens (primary N) is 1. The minimum Gasteiger partial charge on any atom is -0.491 e. The monoisotopic (exact) mass is 280 g/mol. The molecule has 1 fully saturated rings. The zero-order valence-corrected chi connectivity index (χ0v) is 12.0. The molecule has 1 heterocycles. The van der Waals surface area contributed by atoms with Gasteiger partial charge in [0.1, 0.15) is 18.5 Å². The third-order valence-corrected chi connectivity index (χ3v) is 3.56. The summed E-state index contributed by atoms with van der Waals surface area (Å²) < 4.78 is 10.7. The third-order valence-electron chi connectivity index (χ3n) is 3.56. The number of anilines is 1. The Morgan fingerprint density at radius 1 is 1.40 bits per heavy atom. The van der Waals surface area contributed by atoms with Gasteiger partial charge in [0.15, 0.2) is 0 Å². The smallest absolute Gasteiger partial charge is 0.119 e. The molecule has 1 aromatic rings. The fraction of sp³-hybridized carbons (Fsp3) is 0.600. The van der Waals surface area contributed by atoms with Gasteiger partial charge < -0.3 is 25.2 Å². The highest BCUT2D eigenvalue weighted by molar-refractivity contribution is 5.41. The number of aliphatic hydroxyl groups is 1. The summed E-state index contributed by atoms with van der Waals surface area (Å²) in [5.41, 5.74) is 6.31. The van der Waals surface area contributed by atoms with E-state index < -0.39 is 6.10 Å². The molecule has 5 nitrogen and oxygen atoms in total. The highest BCUT2D eigenvalue weighted by Gasteiger charge is 2.24. The minimum atomic E-state index is -0.478. The Bertz CT molecular complexity index is 397. The van der Waals surface area contributed by atoms with E-state index in [0.29, 0.717) is 24.8 Å². The summed E-state index contributed by atoms with van der Waals surface area (Å²) >= 11 is 0. The van der Waals surface area contributed by atoms with Gasteiger partial charge >= 0.3 is 0 Å². The van der Waals surface area contributed by atoms with Gasteiger partial charge in [0.05, 0.1) is 6.61 Å². The number of hydrogen-bond donors (Lipinski definition) is 2. The fourth-order valence-corrected chi connectivity index (χ4v) is 2.56. The van der Waals surface area contributed by atoms with E-state index >= 15 is 0 Å². The Kier molecular flexibility index (Phi) is 5.64. The van der Waals surface area contributed by atoms with Crippen LogP contribution in [0.5, 0.6) is 5.75 Å². The second-order valence-electron chi connectivity index (χ2n) is 5.40. The van der Waals surface area contributed by atoms with Crippen LogP contribution in [0.4, 0.5) is 5.69 Å². The highest BCUT2D eigenvalue weighted by Crippen LogP contribution is 2.17. The molecule has 112 valence electrons. The molecule has 5 heteroatoms. The van der Waals surface area contributed by atoms with Crippen molar-refractivity contribution in [2.75, 3.05) is 45.7 Å². The average Bonchev–Trinajstić information content (AvgIpc) is 2.86. The lowest BCUT2D eigenvalue weighted by molar-refractivity contribution is 0.0724. The molecule has 20 heavy (non-hydrogen) atoms. The van der Waals surface area contributed by atoms with Gasteiger partial charge in [-0.15, -0.1) is 0 Å². The van der Waals surface area contributed by atoms with E-state index in [2.05, 4.69) is 4.90 Å². The summed E-state index contributed by atoms with van der Waals surface area (Å²) in [7, 11) is 1.73. The lowest BCUT2D eigenvalue weighted by atomic mass is 10.1. The first-order valence-corrected chi connectivity index (χ1v) is 7.05. The van der Waals surface area contributed by atoms with Crippen LogP contribution in [-0.2, 0) is 4.74 Å². The minimum absolute atomic E-state index is 0.301. The van der Waals surface area contributed by atoms with Crippen LogP contribution in [0.1, 0.15) is 6.42 Å². The summed E-state index contributed by atoms with van der Waals surface area (Å²) in [6, 6.07) is 7.20. The molecule has 1 aromatic carbocycles. The number of rotatable bonds is 7. The fourth-order valence-electron chi connectivity index (χ4n) is 2.56. The third kappa shape index (κ3) is 4.67. The molecule has 0 bridgehead atoms. The molecule has 0 aromatic heterocycles. The quantitative estimate of drug-likeness (QED) is 0.729. The second kappa shape index (κ2) is 7.47. The Morgan fingerprint density at radius 3 is 2.85 bits per heavy atom. The largest absolute Gasteiger partial charge is 0.491 e. The molecule has 3 N–H and O–H groups in total. The molecular weight excluding hydrogens is 256 g/mol. The number of nitrogen functional groups attached to an aromatic ring is 1. The molecule has 0 spiro atoms. The van der Waals surface area contributed by atoms with Gasteiger partial charge in [-0.25, -0.2) is 0 Å². The predicted octanol–water partition coefficient (Wildman–Crippen LogP) is 0.977. The number of benzene rings is 1. The summed E-state index contributed by atoms with van der Waals surface area (Å²) in [6.45, 7) is 3.76. The lowest BCUT2D eigenvalue weighted by Crippen LogP contribution is -2.34. The van der Waals surface area contributed by atoms with E-state index in [1.165, 1.54) is 0 Å². The van der Waals surface area contributed by atoms with E-state index in [-0.39, 0.29) is 0 Å².